The number of rotatable bonds is 0. The molecule has 0 saturated carbocycles. The van der Waals surface area contributed by atoms with E-state index in [-0.39, 0.29) is 0 Å². The van der Waals surface area contributed by atoms with Crippen LogP contribution in [0, 0.1) is 0 Å². The molecule has 0 bridgehead atoms. The minimum absolute atomic E-state index is 1.01. The van der Waals surface area contributed by atoms with Gasteiger partial charge in [0.2, 0.25) is 0 Å². The van der Waals surface area contributed by atoms with Crippen LogP contribution in [0.15, 0.2) is 23.7 Å². The summed E-state index contributed by atoms with van der Waals surface area (Å²) in [6, 6.07) is 0. The Morgan fingerprint density at radius 1 is 1.50 bits per heavy atom. The van der Waals surface area contributed by atoms with Crippen molar-refractivity contribution in [1.29, 1.82) is 0 Å². The van der Waals surface area contributed by atoms with Gasteiger partial charge in [-0.1, -0.05) is 0 Å². The zero-order valence-electron chi connectivity index (χ0n) is 5.27. The van der Waals surface area contributed by atoms with Gasteiger partial charge < -0.3 is 4.74 Å². The standard InChI is InChI=1S/C7H10O/c1-6-3-4-7(2)8-5-6/h4-5H,3H2,1-2H3. The molecule has 0 saturated heterocycles. The highest BCUT2D eigenvalue weighted by atomic mass is 16.5. The van der Waals surface area contributed by atoms with E-state index in [0.29, 0.717) is 0 Å². The number of hydrogen-bond acceptors (Lipinski definition) is 1. The first-order chi connectivity index (χ1) is 3.79. The molecule has 1 heteroatoms. The van der Waals surface area contributed by atoms with E-state index in [2.05, 4.69) is 13.0 Å². The average Bonchev–Trinajstić information content (AvgIpc) is 1.77. The molecule has 0 N–H and O–H groups in total. The van der Waals surface area contributed by atoms with Gasteiger partial charge in [0.1, 0.15) is 0 Å². The molecule has 8 heavy (non-hydrogen) atoms. The van der Waals surface area contributed by atoms with Crippen LogP contribution in [0.2, 0.25) is 0 Å². The summed E-state index contributed by atoms with van der Waals surface area (Å²) in [7, 11) is 0. The molecular weight excluding hydrogens is 100 g/mol. The predicted molar refractivity (Wildman–Crippen MR) is 33.2 cm³/mol. The lowest BCUT2D eigenvalue weighted by molar-refractivity contribution is 0.339. The van der Waals surface area contributed by atoms with Crippen molar-refractivity contribution in [2.75, 3.05) is 0 Å². The van der Waals surface area contributed by atoms with Gasteiger partial charge in [0.05, 0.1) is 12.0 Å². The lowest BCUT2D eigenvalue weighted by atomic mass is 10.2. The monoisotopic (exact) mass is 110 g/mol. The van der Waals surface area contributed by atoms with Crippen molar-refractivity contribution in [2.45, 2.75) is 20.3 Å². The van der Waals surface area contributed by atoms with Crippen LogP contribution in [-0.2, 0) is 4.74 Å². The van der Waals surface area contributed by atoms with Gasteiger partial charge in [-0.25, -0.2) is 0 Å². The molecule has 0 radical (unpaired) electrons. The summed E-state index contributed by atoms with van der Waals surface area (Å²) >= 11 is 0. The Hall–Kier alpha value is -0.720. The normalized spacial score (nSPS) is 18.8. The van der Waals surface area contributed by atoms with Gasteiger partial charge in [-0.05, 0) is 31.9 Å². The van der Waals surface area contributed by atoms with Crippen LogP contribution >= 0.6 is 0 Å². The molecule has 0 amide bonds. The van der Waals surface area contributed by atoms with Crippen LogP contribution in [0.4, 0.5) is 0 Å². The first-order valence-electron chi connectivity index (χ1n) is 2.78. The third kappa shape index (κ3) is 1.12. The molecule has 0 atom stereocenters. The van der Waals surface area contributed by atoms with E-state index in [1.807, 2.05) is 6.92 Å². The Morgan fingerprint density at radius 2 is 2.25 bits per heavy atom. The number of allylic oxidation sites excluding steroid dienone is 3. The molecule has 1 heterocycles. The fourth-order valence-corrected chi connectivity index (χ4v) is 0.594. The van der Waals surface area contributed by atoms with Gasteiger partial charge in [-0.2, -0.15) is 0 Å². The maximum Gasteiger partial charge on any atom is 0.0964 e. The van der Waals surface area contributed by atoms with Crippen molar-refractivity contribution in [1.82, 2.24) is 0 Å². The SMILES string of the molecule is CC1=COC(C)=CC1. The van der Waals surface area contributed by atoms with E-state index in [1.165, 1.54) is 5.57 Å². The summed E-state index contributed by atoms with van der Waals surface area (Å²) in [4.78, 5) is 0. The predicted octanol–water partition coefficient (Wildman–Crippen LogP) is 2.21. The summed E-state index contributed by atoms with van der Waals surface area (Å²) in [5.41, 5.74) is 1.29. The van der Waals surface area contributed by atoms with Crippen molar-refractivity contribution in [3.8, 4) is 0 Å². The molecule has 0 fully saturated rings. The molecule has 0 aromatic heterocycles. The lowest BCUT2D eigenvalue weighted by Crippen LogP contribution is -1.87. The van der Waals surface area contributed by atoms with Gasteiger partial charge in [0.25, 0.3) is 0 Å². The van der Waals surface area contributed by atoms with Crippen molar-refractivity contribution in [2.24, 2.45) is 0 Å². The maximum absolute atomic E-state index is 5.09. The van der Waals surface area contributed by atoms with E-state index >= 15 is 0 Å². The zero-order valence-corrected chi connectivity index (χ0v) is 5.27. The van der Waals surface area contributed by atoms with Gasteiger partial charge in [-0.15, -0.1) is 0 Å². The Balaban J connectivity index is 2.54. The average molecular weight is 110 g/mol. The Labute approximate surface area is 49.7 Å². The minimum atomic E-state index is 1.01. The molecule has 1 aliphatic rings. The zero-order chi connectivity index (χ0) is 5.98. The van der Waals surface area contributed by atoms with Crippen molar-refractivity contribution in [3.05, 3.63) is 23.7 Å². The first kappa shape index (κ1) is 5.42. The van der Waals surface area contributed by atoms with Crippen molar-refractivity contribution in [3.63, 3.8) is 0 Å². The summed E-state index contributed by atoms with van der Waals surface area (Å²) in [5.74, 6) is 1.01. The molecule has 0 aromatic carbocycles. The summed E-state index contributed by atoms with van der Waals surface area (Å²) in [6.45, 7) is 4.02. The quantitative estimate of drug-likeness (QED) is 0.464. The molecule has 1 aliphatic heterocycles. The van der Waals surface area contributed by atoms with Crippen LogP contribution in [0.5, 0.6) is 0 Å². The molecule has 1 nitrogen and oxygen atoms in total. The van der Waals surface area contributed by atoms with Gasteiger partial charge >= 0.3 is 0 Å². The molecule has 44 valence electrons. The molecule has 0 unspecified atom stereocenters. The highest BCUT2D eigenvalue weighted by Crippen LogP contribution is 2.12. The summed E-state index contributed by atoms with van der Waals surface area (Å²) in [6.07, 6.45) is 4.93. The second-order valence-corrected chi connectivity index (χ2v) is 2.10. The van der Waals surface area contributed by atoms with Gasteiger partial charge in [0, 0.05) is 0 Å². The second-order valence-electron chi connectivity index (χ2n) is 2.10. The molecule has 0 aromatic rings. The molecule has 1 rings (SSSR count). The number of hydrogen-bond donors (Lipinski definition) is 0. The van der Waals surface area contributed by atoms with Crippen LogP contribution in [0.25, 0.3) is 0 Å². The number of ether oxygens (including phenoxy) is 1. The Bertz CT molecular complexity index is 124. The van der Waals surface area contributed by atoms with Crippen molar-refractivity contribution >= 4 is 0 Å². The van der Waals surface area contributed by atoms with Crippen LogP contribution in [0.3, 0.4) is 0 Å². The fourth-order valence-electron chi connectivity index (χ4n) is 0.594. The minimum Gasteiger partial charge on any atom is -0.470 e. The van der Waals surface area contributed by atoms with Crippen LogP contribution in [-0.4, -0.2) is 0 Å². The first-order valence-corrected chi connectivity index (χ1v) is 2.78. The Kier molecular flexibility index (Phi) is 1.38. The lowest BCUT2D eigenvalue weighted by Gasteiger charge is -2.06. The van der Waals surface area contributed by atoms with Crippen LogP contribution in [0.1, 0.15) is 20.3 Å². The molecule has 0 aliphatic carbocycles. The second kappa shape index (κ2) is 2.03. The van der Waals surface area contributed by atoms with E-state index in [0.717, 1.165) is 12.2 Å². The van der Waals surface area contributed by atoms with E-state index in [1.54, 1.807) is 6.26 Å². The van der Waals surface area contributed by atoms with Gasteiger partial charge in [0.15, 0.2) is 0 Å². The maximum atomic E-state index is 5.09. The van der Waals surface area contributed by atoms with Crippen LogP contribution < -0.4 is 0 Å². The third-order valence-electron chi connectivity index (χ3n) is 1.16. The Morgan fingerprint density at radius 3 is 2.62 bits per heavy atom. The largest absolute Gasteiger partial charge is 0.470 e. The highest BCUT2D eigenvalue weighted by molar-refractivity contribution is 5.09. The smallest absolute Gasteiger partial charge is 0.0964 e. The summed E-state index contributed by atoms with van der Waals surface area (Å²) in [5, 5.41) is 0. The van der Waals surface area contributed by atoms with Crippen molar-refractivity contribution < 1.29 is 4.74 Å². The van der Waals surface area contributed by atoms with E-state index < -0.39 is 0 Å². The summed E-state index contributed by atoms with van der Waals surface area (Å²) < 4.78 is 5.09. The topological polar surface area (TPSA) is 9.23 Å². The highest BCUT2D eigenvalue weighted by Gasteiger charge is 1.95. The fraction of sp³-hybridized carbons (Fsp3) is 0.429. The van der Waals surface area contributed by atoms with E-state index in [4.69, 9.17) is 4.74 Å². The van der Waals surface area contributed by atoms with Gasteiger partial charge in [-0.3, -0.25) is 0 Å². The molecule has 0 spiro atoms. The molecular formula is C7H10O. The third-order valence-corrected chi connectivity index (χ3v) is 1.16. The van der Waals surface area contributed by atoms with E-state index in [9.17, 15) is 0 Å².